The smallest absolute Gasteiger partial charge is 0.264 e. The molecule has 1 heterocycles. The number of nitrogens with one attached hydrogen (secondary N) is 1. The molecule has 30 heavy (non-hydrogen) atoms. The summed E-state index contributed by atoms with van der Waals surface area (Å²) < 4.78 is 28.9. The monoisotopic (exact) mass is 484 g/mol. The van der Waals surface area contributed by atoms with Crippen LogP contribution >= 0.6 is 15.9 Å². The maximum Gasteiger partial charge on any atom is 0.264 e. The van der Waals surface area contributed by atoms with E-state index in [9.17, 15) is 13.2 Å². The van der Waals surface area contributed by atoms with Crippen LogP contribution < -0.4 is 9.62 Å². The zero-order chi connectivity index (χ0) is 21.5. The van der Waals surface area contributed by atoms with Crippen LogP contribution in [-0.4, -0.2) is 20.4 Å². The van der Waals surface area contributed by atoms with Crippen molar-refractivity contribution in [3.63, 3.8) is 0 Å². The van der Waals surface area contributed by atoms with Crippen LogP contribution in [0, 0.1) is 6.92 Å². The number of hydrogen-bond acceptors (Lipinski definition) is 3. The highest BCUT2D eigenvalue weighted by molar-refractivity contribution is 9.10. The molecular formula is C23H21BrN2O3S. The molecule has 1 aliphatic rings. The van der Waals surface area contributed by atoms with Crippen LogP contribution in [0.25, 0.3) is 0 Å². The zero-order valence-electron chi connectivity index (χ0n) is 16.6. The Morgan fingerprint density at radius 1 is 1.03 bits per heavy atom. The predicted molar refractivity (Wildman–Crippen MR) is 123 cm³/mol. The van der Waals surface area contributed by atoms with Crippen molar-refractivity contribution in [2.75, 3.05) is 9.62 Å². The van der Waals surface area contributed by atoms with E-state index in [1.54, 1.807) is 42.5 Å². The third-order valence-electron chi connectivity index (χ3n) is 5.17. The second-order valence-corrected chi connectivity index (χ2v) is 10.2. The van der Waals surface area contributed by atoms with Gasteiger partial charge in [0.1, 0.15) is 0 Å². The number of halogens is 1. The van der Waals surface area contributed by atoms with Gasteiger partial charge < -0.3 is 5.32 Å². The molecule has 1 amide bonds. The normalized spacial score (nSPS) is 15.7. The van der Waals surface area contributed by atoms with Crippen LogP contribution in [-0.2, 0) is 16.4 Å². The van der Waals surface area contributed by atoms with Crippen LogP contribution in [0.2, 0.25) is 0 Å². The molecule has 0 fully saturated rings. The first-order valence-electron chi connectivity index (χ1n) is 9.56. The maximum atomic E-state index is 13.2. The van der Waals surface area contributed by atoms with E-state index in [2.05, 4.69) is 21.2 Å². The molecule has 0 spiro atoms. The van der Waals surface area contributed by atoms with Gasteiger partial charge in [-0.25, -0.2) is 8.42 Å². The highest BCUT2D eigenvalue weighted by Crippen LogP contribution is 2.37. The van der Waals surface area contributed by atoms with E-state index in [1.165, 1.54) is 4.31 Å². The molecule has 0 bridgehead atoms. The fourth-order valence-corrected chi connectivity index (χ4v) is 5.63. The summed E-state index contributed by atoms with van der Waals surface area (Å²) in [4.78, 5) is 12.9. The Morgan fingerprint density at radius 3 is 2.37 bits per heavy atom. The summed E-state index contributed by atoms with van der Waals surface area (Å²) in [6, 6.07) is 19.1. The average Bonchev–Trinajstić information content (AvgIpc) is 3.05. The first-order chi connectivity index (χ1) is 14.3. The molecule has 5 nitrogen and oxygen atoms in total. The van der Waals surface area contributed by atoms with Crippen molar-refractivity contribution >= 4 is 43.2 Å². The number of hydrogen-bond donors (Lipinski definition) is 1. The van der Waals surface area contributed by atoms with Gasteiger partial charge in [-0.3, -0.25) is 9.10 Å². The molecule has 0 saturated carbocycles. The minimum atomic E-state index is -3.68. The Kier molecular flexibility index (Phi) is 5.42. The van der Waals surface area contributed by atoms with E-state index in [4.69, 9.17) is 0 Å². The Balaban J connectivity index is 1.62. The predicted octanol–water partition coefficient (Wildman–Crippen LogP) is 5.15. The molecule has 3 aromatic carbocycles. The highest BCUT2D eigenvalue weighted by atomic mass is 79.9. The number of aryl methyl sites for hydroxylation is 1. The lowest BCUT2D eigenvalue weighted by molar-refractivity contribution is 0.102. The molecule has 0 aliphatic carbocycles. The molecule has 0 unspecified atom stereocenters. The van der Waals surface area contributed by atoms with Crippen LogP contribution in [0.5, 0.6) is 0 Å². The molecule has 0 saturated heterocycles. The molecule has 1 atom stereocenters. The van der Waals surface area contributed by atoms with E-state index in [0.29, 0.717) is 23.4 Å². The third-order valence-corrected chi connectivity index (χ3v) is 7.65. The van der Waals surface area contributed by atoms with Gasteiger partial charge in [0.25, 0.3) is 15.9 Å². The van der Waals surface area contributed by atoms with Gasteiger partial charge in [-0.1, -0.05) is 33.6 Å². The summed E-state index contributed by atoms with van der Waals surface area (Å²) in [7, 11) is -3.68. The highest BCUT2D eigenvalue weighted by Gasteiger charge is 2.36. The number of nitrogens with zero attached hydrogens (tertiary/aromatic N) is 1. The quantitative estimate of drug-likeness (QED) is 0.556. The van der Waals surface area contributed by atoms with E-state index < -0.39 is 10.0 Å². The van der Waals surface area contributed by atoms with Crippen molar-refractivity contribution in [3.8, 4) is 0 Å². The lowest BCUT2D eigenvalue weighted by Crippen LogP contribution is -2.35. The van der Waals surface area contributed by atoms with Gasteiger partial charge in [0.15, 0.2) is 0 Å². The second-order valence-electron chi connectivity index (χ2n) is 7.47. The van der Waals surface area contributed by atoms with Gasteiger partial charge in [-0.15, -0.1) is 0 Å². The van der Waals surface area contributed by atoms with Gasteiger partial charge in [0.2, 0.25) is 0 Å². The summed E-state index contributed by atoms with van der Waals surface area (Å²) in [5.41, 5.74) is 3.68. The lowest BCUT2D eigenvalue weighted by Gasteiger charge is -2.24. The van der Waals surface area contributed by atoms with Gasteiger partial charge in [-0.05, 0) is 80.4 Å². The molecule has 1 N–H and O–H groups in total. The third kappa shape index (κ3) is 3.87. The fourth-order valence-electron chi connectivity index (χ4n) is 3.67. The van der Waals surface area contributed by atoms with Crippen molar-refractivity contribution in [1.82, 2.24) is 0 Å². The van der Waals surface area contributed by atoms with Crippen molar-refractivity contribution in [2.24, 2.45) is 0 Å². The Hall–Kier alpha value is -2.64. The summed E-state index contributed by atoms with van der Waals surface area (Å²) in [5.74, 6) is -0.229. The van der Waals surface area contributed by atoms with Crippen LogP contribution in [0.15, 0.2) is 76.1 Å². The SMILES string of the molecule is Cc1ccc(S(=O)(=O)N2c3ccc(C(=O)Nc4ccc(Br)cc4)cc3C[C@H]2C)cc1. The number of amides is 1. The molecule has 7 heteroatoms. The van der Waals surface area contributed by atoms with Gasteiger partial charge in [0.05, 0.1) is 10.6 Å². The van der Waals surface area contributed by atoms with E-state index in [1.807, 2.05) is 38.1 Å². The number of rotatable bonds is 4. The number of sulfonamides is 1. The van der Waals surface area contributed by atoms with Gasteiger partial charge in [0, 0.05) is 21.8 Å². The Morgan fingerprint density at radius 2 is 1.70 bits per heavy atom. The van der Waals surface area contributed by atoms with Crippen LogP contribution in [0.1, 0.15) is 28.4 Å². The Labute approximate surface area is 184 Å². The van der Waals surface area contributed by atoms with Crippen molar-refractivity contribution < 1.29 is 13.2 Å². The number of anilines is 2. The standard InChI is InChI=1S/C23H21BrN2O3S/c1-15-3-10-21(11-4-15)30(28,29)26-16(2)13-18-14-17(5-12-22(18)26)23(27)25-20-8-6-19(24)7-9-20/h3-12,14,16H,13H2,1-2H3,(H,25,27)/t16-/m1/s1. The van der Waals surface area contributed by atoms with Crippen LogP contribution in [0.3, 0.4) is 0 Å². The average molecular weight is 485 g/mol. The maximum absolute atomic E-state index is 13.2. The number of carbonyl (C=O) groups is 1. The van der Waals surface area contributed by atoms with E-state index >= 15 is 0 Å². The second kappa shape index (κ2) is 7.89. The zero-order valence-corrected chi connectivity index (χ0v) is 19.0. The molecule has 154 valence electrons. The molecule has 4 rings (SSSR count). The summed E-state index contributed by atoms with van der Waals surface area (Å²) in [6.07, 6.45) is 0.555. The fraction of sp³-hybridized carbons (Fsp3) is 0.174. The minimum Gasteiger partial charge on any atom is -0.322 e. The van der Waals surface area contributed by atoms with Crippen molar-refractivity contribution in [3.05, 3.63) is 87.9 Å². The molecule has 3 aromatic rings. The largest absolute Gasteiger partial charge is 0.322 e. The number of fused-ring (bicyclic) bond motifs is 1. The van der Waals surface area contributed by atoms with Gasteiger partial charge in [-0.2, -0.15) is 0 Å². The van der Waals surface area contributed by atoms with Crippen molar-refractivity contribution in [1.29, 1.82) is 0 Å². The number of carbonyl (C=O) groups excluding carboxylic acids is 1. The van der Waals surface area contributed by atoms with E-state index in [-0.39, 0.29) is 16.8 Å². The van der Waals surface area contributed by atoms with Crippen molar-refractivity contribution in [2.45, 2.75) is 31.2 Å². The summed E-state index contributed by atoms with van der Waals surface area (Å²) in [5, 5.41) is 2.87. The van der Waals surface area contributed by atoms with Gasteiger partial charge >= 0.3 is 0 Å². The minimum absolute atomic E-state index is 0.226. The van der Waals surface area contributed by atoms with E-state index in [0.717, 1.165) is 15.6 Å². The molecule has 0 aromatic heterocycles. The topological polar surface area (TPSA) is 66.5 Å². The summed E-state index contributed by atoms with van der Waals surface area (Å²) in [6.45, 7) is 3.80. The first-order valence-corrected chi connectivity index (χ1v) is 11.8. The first kappa shape index (κ1) is 20.6. The summed E-state index contributed by atoms with van der Waals surface area (Å²) >= 11 is 3.37. The number of benzene rings is 3. The van der Waals surface area contributed by atoms with Crippen LogP contribution in [0.4, 0.5) is 11.4 Å². The molecular weight excluding hydrogens is 464 g/mol. The lowest BCUT2D eigenvalue weighted by atomic mass is 10.1. The molecule has 0 radical (unpaired) electrons. The molecule has 1 aliphatic heterocycles. The Bertz CT molecular complexity index is 1210.